The number of ether oxygens (including phenoxy) is 3. The van der Waals surface area contributed by atoms with Gasteiger partial charge in [-0.15, -0.1) is 0 Å². The van der Waals surface area contributed by atoms with Crippen LogP contribution in [0.4, 0.5) is 26.7 Å². The number of cyclic esters (lactones) is 1. The largest absolute Gasteiger partial charge is 0.491 e. The number of carbonyl (C=O) groups excluding carboxylic acids is 5. The monoisotopic (exact) mass is 979 g/mol. The molecule has 3 saturated heterocycles. The first-order valence-corrected chi connectivity index (χ1v) is 24.2. The maximum atomic E-state index is 16.7. The van der Waals surface area contributed by atoms with Crippen LogP contribution >= 0.6 is 0 Å². The minimum atomic E-state index is -2.10. The number of nitrogens with one attached hydrogen (secondary N) is 3. The summed E-state index contributed by atoms with van der Waals surface area (Å²) in [6, 6.07) is 42.3. The highest BCUT2D eigenvalue weighted by molar-refractivity contribution is 6.25. The van der Waals surface area contributed by atoms with Crippen LogP contribution < -0.4 is 36.2 Å². The number of hydrogen-bond donors (Lipinski definition) is 5. The van der Waals surface area contributed by atoms with Gasteiger partial charge >= 0.3 is 18.0 Å². The summed E-state index contributed by atoms with van der Waals surface area (Å²) >= 11 is 0. The van der Waals surface area contributed by atoms with Crippen molar-refractivity contribution >= 4 is 46.9 Å². The second kappa shape index (κ2) is 21.1. The van der Waals surface area contributed by atoms with Gasteiger partial charge in [-0.1, -0.05) is 115 Å². The minimum absolute atomic E-state index is 0.0419. The van der Waals surface area contributed by atoms with Gasteiger partial charge in [0.2, 0.25) is 11.8 Å². The van der Waals surface area contributed by atoms with E-state index in [1.807, 2.05) is 114 Å². The third-order valence-electron chi connectivity index (χ3n) is 13.9. The van der Waals surface area contributed by atoms with Gasteiger partial charge in [-0.05, 0) is 82.4 Å². The van der Waals surface area contributed by atoms with E-state index in [0.29, 0.717) is 54.4 Å². The Hall–Kier alpha value is -8.49. The molecule has 4 aliphatic heterocycles. The zero-order valence-corrected chi connectivity index (χ0v) is 39.7. The van der Waals surface area contributed by atoms with Gasteiger partial charge in [-0.2, -0.15) is 0 Å². The average molecular weight is 980 g/mol. The second-order valence-corrected chi connectivity index (χ2v) is 18.1. The van der Waals surface area contributed by atoms with Gasteiger partial charge in [0.15, 0.2) is 0 Å². The number of aliphatic hydroxyl groups excluding tert-OH is 1. The number of anilines is 3. The summed E-state index contributed by atoms with van der Waals surface area (Å²) in [6.07, 6.45) is -0.952. The number of urea groups is 2. The van der Waals surface area contributed by atoms with E-state index in [-0.39, 0.29) is 37.6 Å². The predicted octanol–water partition coefficient (Wildman–Crippen LogP) is 6.13. The summed E-state index contributed by atoms with van der Waals surface area (Å²) in [5.41, 5.74) is 8.05. The summed E-state index contributed by atoms with van der Waals surface area (Å²) in [5, 5.41) is 18.4. The standard InChI is InChI=1S/C57H53N7O9/c58-55(69)59-27-11-14-37-21-26-46-45(34-37)57(54(68)63(46)56(70)60-36-38-12-4-1-5-13-38)47(52(66)61-42-22-24-43(25-23-42)62-28-31-71-32-29-62)49-53(67)73-50(40-17-8-3-9-18-40)48(39-15-6-2-7-16-39)64(49)51(57)41-19-10-20-44(35-41)72-33-30-65/h1-10,12-13,15-26,34-35,47-51,65H,27-33,36H2,(H,60,70)(H,61,66)(H3,58,59,69)/t47-,48-,49?,50+,51+,57?/m1/s1. The van der Waals surface area contributed by atoms with E-state index in [2.05, 4.69) is 32.7 Å². The van der Waals surface area contributed by atoms with Crippen LogP contribution in [0, 0.1) is 17.8 Å². The van der Waals surface area contributed by atoms with Crippen molar-refractivity contribution in [1.29, 1.82) is 0 Å². The van der Waals surface area contributed by atoms with Crippen LogP contribution in [0.25, 0.3) is 0 Å². The fraction of sp³-hybridized carbons (Fsp3) is 0.246. The van der Waals surface area contributed by atoms with Crippen LogP contribution in [0.5, 0.6) is 5.75 Å². The van der Waals surface area contributed by atoms with Crippen LogP contribution in [0.3, 0.4) is 0 Å². The van der Waals surface area contributed by atoms with E-state index in [9.17, 15) is 14.7 Å². The molecule has 6 aromatic carbocycles. The number of morpholine rings is 2. The van der Waals surface area contributed by atoms with Crippen LogP contribution in [0.2, 0.25) is 0 Å². The van der Waals surface area contributed by atoms with Crippen LogP contribution in [0.15, 0.2) is 158 Å². The smallest absolute Gasteiger partial charge is 0.329 e. The van der Waals surface area contributed by atoms with Gasteiger partial charge in [0.1, 0.15) is 29.9 Å². The molecule has 1 spiro atoms. The normalized spacial score (nSPS) is 22.1. The number of amides is 6. The Balaban J connectivity index is 1.23. The Morgan fingerprint density at radius 1 is 0.767 bits per heavy atom. The Kier molecular flexibility index (Phi) is 13.9. The molecule has 16 heteroatoms. The summed E-state index contributed by atoms with van der Waals surface area (Å²) in [7, 11) is 0. The Morgan fingerprint density at radius 2 is 1.45 bits per heavy atom. The highest BCUT2D eigenvalue weighted by Gasteiger charge is 2.75. The summed E-state index contributed by atoms with van der Waals surface area (Å²) in [4.78, 5) is 80.1. The van der Waals surface area contributed by atoms with E-state index < -0.39 is 65.4 Å². The predicted molar refractivity (Wildman–Crippen MR) is 272 cm³/mol. The molecule has 6 aromatic rings. The number of nitrogens with two attached hydrogens (primary N) is 1. The SMILES string of the molecule is NC(=O)NCC#Cc1ccc2c(c1)C1(C(=O)N2C(=O)NCc2ccccc2)[C@H](c2cccc(OCCO)c2)N2C(C(=O)O[C@@H](c3ccccc3)[C@H]2c2ccccc2)[C@@H]1C(=O)Nc1ccc(N2CCOCC2)cc1. The topological polar surface area (TPSA) is 205 Å². The number of fused-ring (bicyclic) bond motifs is 3. The number of rotatable bonds is 12. The molecule has 10 rings (SSSR count). The van der Waals surface area contributed by atoms with Crippen LogP contribution in [0.1, 0.15) is 51.6 Å². The summed E-state index contributed by atoms with van der Waals surface area (Å²) < 4.78 is 18.2. The summed E-state index contributed by atoms with van der Waals surface area (Å²) in [5.74, 6) is 2.53. The fourth-order valence-electron chi connectivity index (χ4n) is 10.9. The van der Waals surface area contributed by atoms with Crippen molar-refractivity contribution in [2.75, 3.05) is 61.2 Å². The minimum Gasteiger partial charge on any atom is -0.491 e. The maximum Gasteiger partial charge on any atom is 0.329 e. The van der Waals surface area contributed by atoms with Crippen molar-refractivity contribution in [2.24, 2.45) is 11.7 Å². The zero-order valence-electron chi connectivity index (χ0n) is 39.7. The molecule has 3 fully saturated rings. The van der Waals surface area contributed by atoms with Gasteiger partial charge in [-0.25, -0.2) is 14.5 Å². The number of primary amides is 1. The first-order valence-electron chi connectivity index (χ1n) is 24.2. The number of carbonyl (C=O) groups is 5. The Morgan fingerprint density at radius 3 is 2.15 bits per heavy atom. The lowest BCUT2D eigenvalue weighted by Crippen LogP contribution is -2.55. The molecule has 16 nitrogen and oxygen atoms in total. The van der Waals surface area contributed by atoms with Crippen molar-refractivity contribution in [2.45, 2.75) is 36.2 Å². The van der Waals surface area contributed by atoms with Crippen molar-refractivity contribution in [3.63, 3.8) is 0 Å². The Bertz CT molecular complexity index is 3070. The third-order valence-corrected chi connectivity index (χ3v) is 13.9. The molecule has 6 N–H and O–H groups in total. The lowest BCUT2D eigenvalue weighted by atomic mass is 9.65. The van der Waals surface area contributed by atoms with Gasteiger partial charge in [0.05, 0.1) is 50.1 Å². The highest BCUT2D eigenvalue weighted by Crippen LogP contribution is 2.66. The lowest BCUT2D eigenvalue weighted by molar-refractivity contribution is -0.177. The second-order valence-electron chi connectivity index (χ2n) is 18.1. The van der Waals surface area contributed by atoms with Crippen molar-refractivity contribution in [3.05, 3.63) is 191 Å². The van der Waals surface area contributed by atoms with E-state index in [4.69, 9.17) is 19.9 Å². The van der Waals surface area contributed by atoms with Gasteiger partial charge in [-0.3, -0.25) is 19.3 Å². The molecule has 0 radical (unpaired) electrons. The van der Waals surface area contributed by atoms with E-state index in [1.165, 1.54) is 0 Å². The lowest BCUT2D eigenvalue weighted by Gasteiger charge is -2.46. The molecule has 2 unspecified atom stereocenters. The molecular weight excluding hydrogens is 927 g/mol. The summed E-state index contributed by atoms with van der Waals surface area (Å²) in [6.45, 7) is 2.21. The molecule has 0 bridgehead atoms. The molecule has 0 saturated carbocycles. The van der Waals surface area contributed by atoms with E-state index >= 15 is 14.4 Å². The molecule has 6 amide bonds. The van der Waals surface area contributed by atoms with E-state index in [1.54, 1.807) is 48.5 Å². The van der Waals surface area contributed by atoms with E-state index in [0.717, 1.165) is 21.7 Å². The van der Waals surface area contributed by atoms with Crippen molar-refractivity contribution < 1.29 is 43.3 Å². The zero-order chi connectivity index (χ0) is 50.5. The molecule has 73 heavy (non-hydrogen) atoms. The number of benzene rings is 6. The first-order chi connectivity index (χ1) is 35.7. The molecule has 4 heterocycles. The number of nitrogens with zero attached hydrogens (tertiary/aromatic N) is 3. The quantitative estimate of drug-likeness (QED) is 0.0697. The fourth-order valence-corrected chi connectivity index (χ4v) is 10.9. The number of esters is 1. The molecule has 370 valence electrons. The molecule has 0 aromatic heterocycles. The third kappa shape index (κ3) is 9.33. The number of imide groups is 1. The van der Waals surface area contributed by atoms with Gasteiger partial charge in [0.25, 0.3) is 0 Å². The number of aliphatic hydroxyl groups is 1. The maximum absolute atomic E-state index is 16.7. The van der Waals surface area contributed by atoms with Crippen LogP contribution in [-0.4, -0.2) is 92.0 Å². The van der Waals surface area contributed by atoms with Crippen LogP contribution in [-0.2, 0) is 35.8 Å². The van der Waals surface area contributed by atoms with Gasteiger partial charge < -0.3 is 45.9 Å². The first kappa shape index (κ1) is 48.2. The highest BCUT2D eigenvalue weighted by atomic mass is 16.6. The molecule has 6 atom stereocenters. The molecule has 4 aliphatic rings. The number of hydrogen-bond acceptors (Lipinski definition) is 11. The van der Waals surface area contributed by atoms with Gasteiger partial charge in [0, 0.05) is 36.6 Å². The Labute approximate surface area is 422 Å². The molecule has 0 aliphatic carbocycles. The average Bonchev–Trinajstić information content (AvgIpc) is 3.88. The molecular formula is C57H53N7O9. The van der Waals surface area contributed by atoms with Crippen molar-refractivity contribution in [1.82, 2.24) is 15.5 Å². The van der Waals surface area contributed by atoms with Crippen molar-refractivity contribution in [3.8, 4) is 17.6 Å².